The van der Waals surface area contributed by atoms with Crippen LogP contribution in [0.5, 0.6) is 0 Å². The van der Waals surface area contributed by atoms with Crippen LogP contribution in [0, 0.1) is 33.5 Å². The molecule has 0 N–H and O–H groups in total. The summed E-state index contributed by atoms with van der Waals surface area (Å²) < 4.78 is 99.2. The Labute approximate surface area is 250 Å². The summed E-state index contributed by atoms with van der Waals surface area (Å²) in [4.78, 5) is 0.176. The first-order valence-corrected chi connectivity index (χ1v) is 17.7. The van der Waals surface area contributed by atoms with Crippen molar-refractivity contribution in [3.63, 3.8) is 0 Å². The first-order chi connectivity index (χ1) is 19.3. The molecule has 0 amide bonds. The number of halogens is 6. The van der Waals surface area contributed by atoms with Gasteiger partial charge in [0.15, 0.2) is 33.5 Å². The van der Waals surface area contributed by atoms with E-state index in [4.69, 9.17) is 0 Å². The van der Waals surface area contributed by atoms with Gasteiger partial charge in [0.05, 0.1) is 58.1 Å². The second kappa shape index (κ2) is 8.28. The van der Waals surface area contributed by atoms with Crippen molar-refractivity contribution in [3.05, 3.63) is 57.8 Å². The van der Waals surface area contributed by atoms with Crippen molar-refractivity contribution in [3.8, 4) is 20.9 Å². The first-order valence-electron chi connectivity index (χ1n) is 11.2. The molecule has 8 heterocycles. The number of rotatable bonds is 2. The van der Waals surface area contributed by atoms with Gasteiger partial charge in [-0.3, -0.25) is 0 Å². The highest BCUT2D eigenvalue weighted by atomic mass is 32.1. The van der Waals surface area contributed by atoms with E-state index in [1.165, 1.54) is 69.6 Å². The van der Waals surface area contributed by atoms with Crippen molar-refractivity contribution >= 4 is 147 Å². The summed E-state index contributed by atoms with van der Waals surface area (Å²) in [5.41, 5.74) is -1.46. The van der Waals surface area contributed by atoms with Gasteiger partial charge < -0.3 is 0 Å². The van der Waals surface area contributed by atoms with Crippen molar-refractivity contribution in [1.29, 1.82) is 0 Å². The van der Waals surface area contributed by atoms with Gasteiger partial charge in [-0.05, 0) is 12.1 Å². The molecular weight excluding hydrogens is 683 g/mol. The fourth-order valence-electron chi connectivity index (χ4n) is 4.91. The Hall–Kier alpha value is -2.04. The van der Waals surface area contributed by atoms with E-state index in [1.54, 1.807) is 0 Å². The van der Waals surface area contributed by atoms with Crippen LogP contribution in [0.3, 0.4) is 0 Å². The Kier molecular flexibility index (Phi) is 5.08. The molecule has 0 spiro atoms. The van der Waals surface area contributed by atoms with Crippen LogP contribution in [0.25, 0.3) is 77.3 Å². The third kappa shape index (κ3) is 3.16. The lowest BCUT2D eigenvalue weighted by Crippen LogP contribution is -2.02. The Morgan fingerprint density at radius 3 is 0.975 bits per heavy atom. The van der Waals surface area contributed by atoms with E-state index in [-0.39, 0.29) is 20.0 Å². The number of fused-ring (bicyclic) bond motifs is 10. The van der Waals surface area contributed by atoms with Crippen LogP contribution in [0.1, 0.15) is 0 Å². The third-order valence-electron chi connectivity index (χ3n) is 6.57. The van der Waals surface area contributed by atoms with E-state index in [2.05, 4.69) is 0 Å². The highest BCUT2D eigenvalue weighted by Gasteiger charge is 2.30. The molecule has 0 aliphatic carbocycles. The maximum atomic E-state index is 15.5. The molecule has 8 aromatic heterocycles. The summed E-state index contributed by atoms with van der Waals surface area (Å²) in [6.07, 6.45) is 0. The van der Waals surface area contributed by atoms with E-state index in [9.17, 15) is 8.78 Å². The predicted molar refractivity (Wildman–Crippen MR) is 165 cm³/mol. The minimum Gasteiger partial charge on any atom is -0.203 e. The lowest BCUT2D eigenvalue weighted by Gasteiger charge is -2.10. The molecule has 0 nitrogen and oxygen atoms in total. The summed E-state index contributed by atoms with van der Waals surface area (Å²) in [6, 6.07) is 6.00. The molecule has 198 valence electrons. The molecule has 0 aliphatic rings. The van der Waals surface area contributed by atoms with Crippen LogP contribution in [0.15, 0.2) is 24.3 Å². The normalized spacial score (nSPS) is 12.8. The summed E-state index contributed by atoms with van der Waals surface area (Å²) in [6.45, 7) is 0. The van der Waals surface area contributed by atoms with Crippen LogP contribution in [-0.2, 0) is 0 Å². The number of hydrogen-bond donors (Lipinski definition) is 0. The molecule has 0 saturated carbocycles. The van der Waals surface area contributed by atoms with Gasteiger partial charge in [-0.25, -0.2) is 17.6 Å². The Morgan fingerprint density at radius 2 is 0.625 bits per heavy atom. The van der Waals surface area contributed by atoms with Crippen molar-refractivity contribution in [2.75, 3.05) is 0 Å². The molecule has 0 radical (unpaired) electrons. The number of benzene rings is 1. The Morgan fingerprint density at radius 1 is 0.325 bits per heavy atom. The second-order valence-corrected chi connectivity index (χ2v) is 17.1. The molecule has 14 heteroatoms. The van der Waals surface area contributed by atoms with Gasteiger partial charge in [-0.1, -0.05) is 0 Å². The summed E-state index contributed by atoms with van der Waals surface area (Å²) >= 11 is 9.74. The maximum absolute atomic E-state index is 15.5. The van der Waals surface area contributed by atoms with Crippen LogP contribution in [0.2, 0.25) is 0 Å². The van der Waals surface area contributed by atoms with E-state index < -0.39 is 34.4 Å². The smallest absolute Gasteiger partial charge is 0.178 e. The van der Waals surface area contributed by atoms with Crippen LogP contribution >= 0.6 is 90.7 Å². The topological polar surface area (TPSA) is 0 Å². The fourth-order valence-corrected chi connectivity index (χ4v) is 15.7. The van der Waals surface area contributed by atoms with Gasteiger partial charge in [-0.15, -0.1) is 90.7 Å². The summed E-state index contributed by atoms with van der Waals surface area (Å²) in [5.74, 6) is -5.77. The minimum absolute atomic E-state index is 0.0881. The van der Waals surface area contributed by atoms with Crippen molar-refractivity contribution in [2.24, 2.45) is 0 Å². The second-order valence-electron chi connectivity index (χ2n) is 8.83. The number of hydrogen-bond acceptors (Lipinski definition) is 8. The average Bonchev–Trinajstić information content (AvgIpc) is 3.73. The highest BCUT2D eigenvalue weighted by molar-refractivity contribution is 7.45. The molecule has 9 aromatic rings. The molecule has 0 unspecified atom stereocenters. The molecule has 0 bridgehead atoms. The molecule has 0 saturated heterocycles. The summed E-state index contributed by atoms with van der Waals surface area (Å²) in [7, 11) is 0. The molecule has 40 heavy (non-hydrogen) atoms. The Bertz CT molecular complexity index is 2310. The molecule has 1 aromatic carbocycles. The van der Waals surface area contributed by atoms with E-state index >= 15 is 17.6 Å². The zero-order valence-electron chi connectivity index (χ0n) is 18.8. The van der Waals surface area contributed by atoms with Gasteiger partial charge in [0.2, 0.25) is 0 Å². The van der Waals surface area contributed by atoms with Gasteiger partial charge in [-0.2, -0.15) is 8.78 Å². The zero-order chi connectivity index (χ0) is 27.2. The van der Waals surface area contributed by atoms with Gasteiger partial charge in [0.25, 0.3) is 0 Å². The summed E-state index contributed by atoms with van der Waals surface area (Å²) in [5, 5.41) is -0.562. The third-order valence-corrected chi connectivity index (χ3v) is 16.7. The quantitative estimate of drug-likeness (QED) is 0.125. The largest absolute Gasteiger partial charge is 0.203 e. The van der Waals surface area contributed by atoms with Crippen LogP contribution < -0.4 is 0 Å². The van der Waals surface area contributed by atoms with Gasteiger partial charge in [0, 0.05) is 31.3 Å². The first kappa shape index (κ1) is 24.5. The predicted octanol–water partition coefficient (Wildman–Crippen LogP) is 13.3. The lowest BCUT2D eigenvalue weighted by molar-refractivity contribution is 0.463. The van der Waals surface area contributed by atoms with Crippen LogP contribution in [-0.4, -0.2) is 0 Å². The van der Waals surface area contributed by atoms with Gasteiger partial charge in [0.1, 0.15) is 0 Å². The SMILES string of the molecule is Fc1cc2sc3c4sc(-c5c(F)c(F)c(-c6cc7sc8c9sc(F)cc9sc8c7s6)c(F)c5F)cc4sc3c2s1. The lowest BCUT2D eigenvalue weighted by atomic mass is 10.1. The van der Waals surface area contributed by atoms with E-state index in [0.717, 1.165) is 102 Å². The van der Waals surface area contributed by atoms with Crippen molar-refractivity contribution in [2.45, 2.75) is 0 Å². The molecule has 0 fully saturated rings. The number of thiophene rings is 8. The van der Waals surface area contributed by atoms with Gasteiger partial charge >= 0.3 is 0 Å². The molecule has 0 atom stereocenters. The minimum atomic E-state index is -1.44. The molecule has 9 rings (SSSR count). The molecular formula is C26H4F6S8. The average molecular weight is 687 g/mol. The van der Waals surface area contributed by atoms with Crippen molar-refractivity contribution < 1.29 is 26.3 Å². The standard InChI is InChI=1S/C26H4F6S8/c27-11-3-9-21(39-11)25-23(37-9)19-7(35-25)1-5(33-19)13-15(29)17(31)14(18(32)16(13)30)6-2-8-20(34-6)24-26(36-8)22-10(38-24)4-12(28)40-22/h1-4H. The van der Waals surface area contributed by atoms with Crippen LogP contribution in [0.4, 0.5) is 26.3 Å². The molecule has 0 aliphatic heterocycles. The maximum Gasteiger partial charge on any atom is 0.178 e. The van der Waals surface area contributed by atoms with E-state index in [1.807, 2.05) is 0 Å². The highest BCUT2D eigenvalue weighted by Crippen LogP contribution is 2.54. The van der Waals surface area contributed by atoms with Crippen molar-refractivity contribution in [1.82, 2.24) is 0 Å². The zero-order valence-corrected chi connectivity index (χ0v) is 25.4. The Balaban J connectivity index is 1.20. The monoisotopic (exact) mass is 686 g/mol. The van der Waals surface area contributed by atoms with E-state index in [0.29, 0.717) is 0 Å². The fraction of sp³-hybridized carbons (Fsp3) is 0.